The quantitative estimate of drug-likeness (QED) is 0.872. The largest absolute Gasteiger partial charge is 0.244 e. The molecule has 1 aliphatic rings. The van der Waals surface area contributed by atoms with Crippen LogP contribution in [0.1, 0.15) is 17.5 Å². The number of sulfone groups is 1. The Morgan fingerprint density at radius 2 is 1.57 bits per heavy atom. The van der Waals surface area contributed by atoms with Gasteiger partial charge in [-0.1, -0.05) is 42.5 Å². The van der Waals surface area contributed by atoms with Gasteiger partial charge in [0.05, 0.1) is 0 Å². The second kappa shape index (κ2) is 5.30. The minimum Gasteiger partial charge on any atom is -0.244 e. The van der Waals surface area contributed by atoms with Crippen LogP contribution in [0.4, 0.5) is 0 Å². The average Bonchev–Trinajstić information content (AvgIpc) is 2.97. The summed E-state index contributed by atoms with van der Waals surface area (Å²) in [7, 11) is -3.25. The zero-order valence-corrected chi connectivity index (χ0v) is 12.5. The summed E-state index contributed by atoms with van der Waals surface area (Å²) in [6.45, 7) is 0. The summed E-state index contributed by atoms with van der Waals surface area (Å²) in [5, 5.41) is 0.107. The molecule has 0 atom stereocenters. The summed E-state index contributed by atoms with van der Waals surface area (Å²) in [6.07, 6.45) is 7.99. The second-order valence-electron chi connectivity index (χ2n) is 4.99. The van der Waals surface area contributed by atoms with Crippen molar-refractivity contribution < 1.29 is 8.42 Å². The van der Waals surface area contributed by atoms with Gasteiger partial charge in [-0.2, -0.15) is 0 Å². The van der Waals surface area contributed by atoms with Gasteiger partial charge < -0.3 is 0 Å². The van der Waals surface area contributed by atoms with Crippen LogP contribution in [0.2, 0.25) is 0 Å². The molecule has 0 N–H and O–H groups in total. The van der Waals surface area contributed by atoms with Crippen molar-refractivity contribution in [2.75, 3.05) is 6.26 Å². The molecule has 1 aromatic heterocycles. The average molecular weight is 297 g/mol. The lowest BCUT2D eigenvalue weighted by Crippen LogP contribution is -2.00. The molecule has 0 aliphatic heterocycles. The van der Waals surface area contributed by atoms with Gasteiger partial charge in [-0.3, -0.25) is 0 Å². The highest BCUT2D eigenvalue weighted by Crippen LogP contribution is 2.35. The van der Waals surface area contributed by atoms with Crippen molar-refractivity contribution in [1.82, 2.24) is 4.98 Å². The Balaban J connectivity index is 1.96. The van der Waals surface area contributed by atoms with E-state index < -0.39 is 9.84 Å². The maximum absolute atomic E-state index is 11.5. The predicted octanol–water partition coefficient (Wildman–Crippen LogP) is 3.36. The molecule has 106 valence electrons. The summed E-state index contributed by atoms with van der Waals surface area (Å²) < 4.78 is 22.9. The van der Waals surface area contributed by atoms with E-state index in [0.29, 0.717) is 0 Å². The highest BCUT2D eigenvalue weighted by Gasteiger charge is 2.15. The van der Waals surface area contributed by atoms with Gasteiger partial charge in [0.25, 0.3) is 0 Å². The van der Waals surface area contributed by atoms with E-state index in [-0.39, 0.29) is 5.03 Å². The normalized spacial score (nSPS) is 14.7. The molecule has 0 spiro atoms. The standard InChI is InChI=1S/C17H15NO2S/c1-21(19,20)17-11-10-14(12-18-17)16-9-5-8-15(16)13-6-3-2-4-7-13/h2-4,6-12H,5H2,1H3. The summed E-state index contributed by atoms with van der Waals surface area (Å²) in [5.41, 5.74) is 4.38. The van der Waals surface area contributed by atoms with Crippen LogP contribution in [-0.4, -0.2) is 19.7 Å². The lowest BCUT2D eigenvalue weighted by atomic mass is 9.96. The van der Waals surface area contributed by atoms with Gasteiger partial charge in [0.1, 0.15) is 0 Å². The third-order valence-electron chi connectivity index (χ3n) is 3.45. The van der Waals surface area contributed by atoms with Crippen molar-refractivity contribution in [1.29, 1.82) is 0 Å². The summed E-state index contributed by atoms with van der Waals surface area (Å²) in [4.78, 5) is 4.07. The van der Waals surface area contributed by atoms with E-state index in [1.807, 2.05) is 24.3 Å². The minimum atomic E-state index is -3.25. The van der Waals surface area contributed by atoms with Crippen molar-refractivity contribution in [3.05, 3.63) is 71.9 Å². The van der Waals surface area contributed by atoms with E-state index in [4.69, 9.17) is 0 Å². The van der Waals surface area contributed by atoms with E-state index in [0.717, 1.165) is 23.1 Å². The SMILES string of the molecule is CS(=O)(=O)c1ccc(C2=CCC=C2c2ccccc2)cn1. The molecule has 1 heterocycles. The van der Waals surface area contributed by atoms with E-state index in [1.54, 1.807) is 12.3 Å². The van der Waals surface area contributed by atoms with Gasteiger partial charge >= 0.3 is 0 Å². The Morgan fingerprint density at radius 3 is 2.14 bits per heavy atom. The lowest BCUT2D eigenvalue weighted by molar-refractivity contribution is 0.598. The number of benzene rings is 1. The van der Waals surface area contributed by atoms with Crippen molar-refractivity contribution in [3.63, 3.8) is 0 Å². The number of allylic oxidation sites excluding steroid dienone is 4. The zero-order valence-electron chi connectivity index (χ0n) is 11.7. The van der Waals surface area contributed by atoms with Crippen molar-refractivity contribution >= 4 is 21.0 Å². The van der Waals surface area contributed by atoms with E-state index in [9.17, 15) is 8.42 Å². The van der Waals surface area contributed by atoms with E-state index in [1.165, 1.54) is 11.8 Å². The van der Waals surface area contributed by atoms with E-state index in [2.05, 4.69) is 29.3 Å². The van der Waals surface area contributed by atoms with Crippen LogP contribution in [0, 0.1) is 0 Å². The minimum absolute atomic E-state index is 0.107. The molecule has 0 bridgehead atoms. The Labute approximate surface area is 124 Å². The van der Waals surface area contributed by atoms with Crippen LogP contribution in [0.3, 0.4) is 0 Å². The second-order valence-corrected chi connectivity index (χ2v) is 6.96. The molecule has 1 aromatic carbocycles. The first-order chi connectivity index (χ1) is 10.1. The molecule has 0 amide bonds. The molecule has 0 saturated carbocycles. The Hall–Kier alpha value is -2.20. The highest BCUT2D eigenvalue weighted by molar-refractivity contribution is 7.90. The molecule has 0 saturated heterocycles. The lowest BCUT2D eigenvalue weighted by Gasteiger charge is -2.09. The molecular weight excluding hydrogens is 282 g/mol. The molecule has 21 heavy (non-hydrogen) atoms. The molecule has 0 unspecified atom stereocenters. The first-order valence-corrected chi connectivity index (χ1v) is 8.57. The van der Waals surface area contributed by atoms with Crippen LogP contribution in [0.15, 0.2) is 65.8 Å². The molecule has 0 radical (unpaired) electrons. The van der Waals surface area contributed by atoms with Crippen LogP contribution in [0.25, 0.3) is 11.1 Å². The van der Waals surface area contributed by atoms with Gasteiger partial charge in [-0.15, -0.1) is 0 Å². The van der Waals surface area contributed by atoms with Crippen LogP contribution in [-0.2, 0) is 9.84 Å². The van der Waals surface area contributed by atoms with E-state index >= 15 is 0 Å². The highest BCUT2D eigenvalue weighted by atomic mass is 32.2. The van der Waals surface area contributed by atoms with Crippen LogP contribution < -0.4 is 0 Å². The maximum Gasteiger partial charge on any atom is 0.192 e. The van der Waals surface area contributed by atoms with Crippen molar-refractivity contribution in [3.8, 4) is 0 Å². The first-order valence-electron chi connectivity index (χ1n) is 6.68. The molecule has 3 nitrogen and oxygen atoms in total. The fourth-order valence-corrected chi connectivity index (χ4v) is 3.00. The maximum atomic E-state index is 11.5. The van der Waals surface area contributed by atoms with Gasteiger partial charge in [0.2, 0.25) is 0 Å². The number of nitrogens with zero attached hydrogens (tertiary/aromatic N) is 1. The number of pyridine rings is 1. The molecule has 0 fully saturated rings. The van der Waals surface area contributed by atoms with Gasteiger partial charge in [0, 0.05) is 18.0 Å². The smallest absolute Gasteiger partial charge is 0.192 e. The predicted molar refractivity (Wildman–Crippen MR) is 84.4 cm³/mol. The number of rotatable bonds is 3. The molecule has 2 aromatic rings. The molecule has 3 rings (SSSR count). The fourth-order valence-electron chi connectivity index (χ4n) is 2.44. The third kappa shape index (κ3) is 2.81. The number of aromatic nitrogens is 1. The number of hydrogen-bond donors (Lipinski definition) is 0. The van der Waals surface area contributed by atoms with Crippen LogP contribution >= 0.6 is 0 Å². The Kier molecular flexibility index (Phi) is 3.47. The van der Waals surface area contributed by atoms with Gasteiger partial charge in [-0.05, 0) is 35.3 Å². The summed E-state index contributed by atoms with van der Waals surface area (Å²) in [6, 6.07) is 13.5. The molecule has 4 heteroatoms. The van der Waals surface area contributed by atoms with Crippen molar-refractivity contribution in [2.24, 2.45) is 0 Å². The Morgan fingerprint density at radius 1 is 0.905 bits per heavy atom. The molecular formula is C17H15NO2S. The Bertz CT molecular complexity index is 817. The monoisotopic (exact) mass is 297 g/mol. The third-order valence-corrected chi connectivity index (χ3v) is 4.45. The summed E-state index contributed by atoms with van der Waals surface area (Å²) >= 11 is 0. The van der Waals surface area contributed by atoms with Gasteiger partial charge in [-0.25, -0.2) is 13.4 Å². The summed E-state index contributed by atoms with van der Waals surface area (Å²) in [5.74, 6) is 0. The number of hydrogen-bond acceptors (Lipinski definition) is 3. The van der Waals surface area contributed by atoms with Crippen molar-refractivity contribution in [2.45, 2.75) is 11.4 Å². The first kappa shape index (κ1) is 13.8. The fraction of sp³-hybridized carbons (Fsp3) is 0.118. The zero-order chi connectivity index (χ0) is 14.9. The topological polar surface area (TPSA) is 47.0 Å². The molecule has 1 aliphatic carbocycles. The van der Waals surface area contributed by atoms with Gasteiger partial charge in [0.15, 0.2) is 14.9 Å². The van der Waals surface area contributed by atoms with Crippen LogP contribution in [0.5, 0.6) is 0 Å².